The van der Waals surface area contributed by atoms with Crippen molar-refractivity contribution in [3.8, 4) is 17.2 Å². The van der Waals surface area contributed by atoms with Crippen molar-refractivity contribution in [2.24, 2.45) is 0 Å². The largest absolute Gasteiger partial charge is 0.494 e. The first-order chi connectivity index (χ1) is 9.01. The third kappa shape index (κ3) is 2.78. The molecule has 0 spiro atoms. The monoisotopic (exact) mass is 261 g/mol. The van der Waals surface area contributed by atoms with Gasteiger partial charge in [-0.15, -0.1) is 0 Å². The van der Waals surface area contributed by atoms with Crippen LogP contribution in [0.15, 0.2) is 30.3 Å². The van der Waals surface area contributed by atoms with Gasteiger partial charge in [-0.05, 0) is 25.5 Å². The van der Waals surface area contributed by atoms with Crippen LogP contribution in [0.5, 0.6) is 17.2 Å². The van der Waals surface area contributed by atoms with E-state index in [0.717, 1.165) is 11.1 Å². The van der Waals surface area contributed by atoms with Crippen LogP contribution in [-0.2, 0) is 0 Å². The van der Waals surface area contributed by atoms with Gasteiger partial charge in [-0.1, -0.05) is 17.7 Å². The second kappa shape index (κ2) is 5.18. The molecule has 2 aromatic rings. The van der Waals surface area contributed by atoms with Crippen molar-refractivity contribution in [1.82, 2.24) is 0 Å². The van der Waals surface area contributed by atoms with E-state index >= 15 is 0 Å². The number of anilines is 1. The molecule has 0 aromatic heterocycles. The van der Waals surface area contributed by atoms with E-state index in [-0.39, 0.29) is 11.4 Å². The molecule has 2 N–H and O–H groups in total. The van der Waals surface area contributed by atoms with Crippen molar-refractivity contribution in [2.75, 3.05) is 12.8 Å². The molecule has 0 radical (unpaired) electrons. The number of nitrogen functional groups attached to an aromatic ring is 1. The van der Waals surface area contributed by atoms with Gasteiger partial charge in [0, 0.05) is 12.1 Å². The summed E-state index contributed by atoms with van der Waals surface area (Å²) in [5.41, 5.74) is 8.12. The van der Waals surface area contributed by atoms with Gasteiger partial charge in [-0.3, -0.25) is 0 Å². The normalized spacial score (nSPS) is 10.3. The predicted octanol–water partition coefficient (Wildman–Crippen LogP) is 3.83. The number of hydrogen-bond acceptors (Lipinski definition) is 3. The second-order valence-electron chi connectivity index (χ2n) is 4.40. The minimum absolute atomic E-state index is 0.106. The Morgan fingerprint density at radius 3 is 2.37 bits per heavy atom. The third-order valence-electron chi connectivity index (χ3n) is 2.83. The average Bonchev–Trinajstić information content (AvgIpc) is 2.35. The average molecular weight is 261 g/mol. The standard InChI is InChI=1S/C15H16FNO2/c1-9-4-5-13(10(2)6-9)19-15-8-14(18-3)11(16)7-12(15)17/h4-8H,17H2,1-3H3. The number of aryl methyl sites for hydroxylation is 2. The van der Waals surface area contributed by atoms with Crippen molar-refractivity contribution >= 4 is 5.69 Å². The molecule has 0 bridgehead atoms. The molecule has 2 rings (SSSR count). The summed E-state index contributed by atoms with van der Waals surface area (Å²) in [5.74, 6) is 0.665. The van der Waals surface area contributed by atoms with E-state index in [0.29, 0.717) is 11.5 Å². The zero-order chi connectivity index (χ0) is 14.0. The summed E-state index contributed by atoms with van der Waals surface area (Å²) in [6.07, 6.45) is 0. The molecule has 0 amide bonds. The van der Waals surface area contributed by atoms with Crippen LogP contribution >= 0.6 is 0 Å². The van der Waals surface area contributed by atoms with Gasteiger partial charge >= 0.3 is 0 Å². The summed E-state index contributed by atoms with van der Waals surface area (Å²) in [7, 11) is 1.40. The predicted molar refractivity (Wildman–Crippen MR) is 73.4 cm³/mol. The highest BCUT2D eigenvalue weighted by Crippen LogP contribution is 2.34. The fourth-order valence-electron chi connectivity index (χ4n) is 1.83. The van der Waals surface area contributed by atoms with Gasteiger partial charge in [-0.2, -0.15) is 0 Å². The number of benzene rings is 2. The van der Waals surface area contributed by atoms with Crippen LogP contribution in [0.2, 0.25) is 0 Å². The lowest BCUT2D eigenvalue weighted by molar-refractivity contribution is 0.382. The van der Waals surface area contributed by atoms with E-state index in [1.54, 1.807) is 0 Å². The molecule has 0 saturated carbocycles. The molecule has 0 fully saturated rings. The maximum Gasteiger partial charge on any atom is 0.167 e. The molecule has 2 aromatic carbocycles. The molecular formula is C15H16FNO2. The van der Waals surface area contributed by atoms with Crippen LogP contribution in [0.4, 0.5) is 10.1 Å². The minimum Gasteiger partial charge on any atom is -0.494 e. The van der Waals surface area contributed by atoms with Gasteiger partial charge in [0.05, 0.1) is 12.8 Å². The van der Waals surface area contributed by atoms with Gasteiger partial charge in [-0.25, -0.2) is 4.39 Å². The van der Waals surface area contributed by atoms with Crippen molar-refractivity contribution < 1.29 is 13.9 Å². The lowest BCUT2D eigenvalue weighted by Crippen LogP contribution is -1.97. The van der Waals surface area contributed by atoms with Crippen molar-refractivity contribution in [1.29, 1.82) is 0 Å². The molecule has 0 heterocycles. The first kappa shape index (κ1) is 13.2. The number of hydrogen-bond donors (Lipinski definition) is 1. The molecule has 3 nitrogen and oxygen atoms in total. The summed E-state index contributed by atoms with van der Waals surface area (Å²) in [6, 6.07) is 8.45. The number of rotatable bonds is 3. The molecule has 4 heteroatoms. The van der Waals surface area contributed by atoms with Gasteiger partial charge in [0.15, 0.2) is 17.3 Å². The Kier molecular flexibility index (Phi) is 3.60. The van der Waals surface area contributed by atoms with Crippen molar-refractivity contribution in [2.45, 2.75) is 13.8 Å². The Labute approximate surface area is 111 Å². The SMILES string of the molecule is COc1cc(Oc2ccc(C)cc2C)c(N)cc1F. The van der Waals surface area contributed by atoms with E-state index in [2.05, 4.69) is 0 Å². The number of halogens is 1. The summed E-state index contributed by atoms with van der Waals surface area (Å²) >= 11 is 0. The summed E-state index contributed by atoms with van der Waals surface area (Å²) < 4.78 is 24.1. The highest BCUT2D eigenvalue weighted by atomic mass is 19.1. The van der Waals surface area contributed by atoms with Gasteiger partial charge in [0.1, 0.15) is 5.75 Å². The van der Waals surface area contributed by atoms with Crippen LogP contribution in [0.25, 0.3) is 0 Å². The molecule has 19 heavy (non-hydrogen) atoms. The first-order valence-corrected chi connectivity index (χ1v) is 5.89. The van der Waals surface area contributed by atoms with E-state index in [4.69, 9.17) is 15.2 Å². The molecule has 0 aliphatic carbocycles. The zero-order valence-electron chi connectivity index (χ0n) is 11.2. The lowest BCUT2D eigenvalue weighted by atomic mass is 10.1. The Morgan fingerprint density at radius 2 is 1.74 bits per heavy atom. The Morgan fingerprint density at radius 1 is 1.00 bits per heavy atom. The minimum atomic E-state index is -0.507. The van der Waals surface area contributed by atoms with Gasteiger partial charge in [0.25, 0.3) is 0 Å². The van der Waals surface area contributed by atoms with Crippen LogP contribution in [0, 0.1) is 19.7 Å². The van der Waals surface area contributed by atoms with Crippen molar-refractivity contribution in [3.05, 3.63) is 47.3 Å². The zero-order valence-corrected chi connectivity index (χ0v) is 11.2. The lowest BCUT2D eigenvalue weighted by Gasteiger charge is -2.13. The summed E-state index contributed by atoms with van der Waals surface area (Å²) in [4.78, 5) is 0. The number of ether oxygens (including phenoxy) is 2. The smallest absolute Gasteiger partial charge is 0.167 e. The molecule has 0 aliphatic heterocycles. The fraction of sp³-hybridized carbons (Fsp3) is 0.200. The van der Waals surface area contributed by atoms with E-state index in [1.165, 1.54) is 19.2 Å². The number of methoxy groups -OCH3 is 1. The van der Waals surface area contributed by atoms with Crippen LogP contribution < -0.4 is 15.2 Å². The van der Waals surface area contributed by atoms with E-state index < -0.39 is 5.82 Å². The van der Waals surface area contributed by atoms with E-state index in [9.17, 15) is 4.39 Å². The molecule has 0 saturated heterocycles. The molecule has 100 valence electrons. The van der Waals surface area contributed by atoms with Gasteiger partial charge < -0.3 is 15.2 Å². The fourth-order valence-corrected chi connectivity index (χ4v) is 1.83. The second-order valence-corrected chi connectivity index (χ2v) is 4.40. The quantitative estimate of drug-likeness (QED) is 0.854. The Balaban J connectivity index is 2.37. The van der Waals surface area contributed by atoms with Gasteiger partial charge in [0.2, 0.25) is 0 Å². The van der Waals surface area contributed by atoms with Crippen molar-refractivity contribution in [3.63, 3.8) is 0 Å². The number of nitrogens with two attached hydrogens (primary N) is 1. The van der Waals surface area contributed by atoms with Crippen LogP contribution in [-0.4, -0.2) is 7.11 Å². The highest BCUT2D eigenvalue weighted by Gasteiger charge is 2.11. The highest BCUT2D eigenvalue weighted by molar-refractivity contribution is 5.58. The van der Waals surface area contributed by atoms with Crippen LogP contribution in [0.3, 0.4) is 0 Å². The first-order valence-electron chi connectivity index (χ1n) is 5.89. The maximum absolute atomic E-state index is 13.4. The third-order valence-corrected chi connectivity index (χ3v) is 2.83. The van der Waals surface area contributed by atoms with E-state index in [1.807, 2.05) is 32.0 Å². The maximum atomic E-state index is 13.4. The molecule has 0 aliphatic rings. The summed E-state index contributed by atoms with van der Waals surface area (Å²) in [5, 5.41) is 0. The molecular weight excluding hydrogens is 245 g/mol. The topological polar surface area (TPSA) is 44.5 Å². The molecule has 0 unspecified atom stereocenters. The van der Waals surface area contributed by atoms with Crippen LogP contribution in [0.1, 0.15) is 11.1 Å². The Bertz CT molecular complexity index is 611. The molecule has 0 atom stereocenters. The Hall–Kier alpha value is -2.23. The summed E-state index contributed by atoms with van der Waals surface area (Å²) in [6.45, 7) is 3.95.